The van der Waals surface area contributed by atoms with E-state index >= 15 is 0 Å². The Bertz CT molecular complexity index is 3220. The smallest absolute Gasteiger partial charge is 0.260 e. The average molecular weight is 1110 g/mol. The van der Waals surface area contributed by atoms with Gasteiger partial charge in [0.15, 0.2) is 23.0 Å². The van der Waals surface area contributed by atoms with Crippen LogP contribution in [0.4, 0.5) is 17.1 Å². The van der Waals surface area contributed by atoms with Gasteiger partial charge in [0.25, 0.3) is 11.8 Å². The topological polar surface area (TPSA) is 236 Å². The molecule has 20 heteroatoms. The van der Waals surface area contributed by atoms with Crippen LogP contribution in [0.1, 0.15) is 111 Å². The van der Waals surface area contributed by atoms with Crippen molar-refractivity contribution in [3.05, 3.63) is 107 Å². The van der Waals surface area contributed by atoms with E-state index in [1.165, 1.54) is 19.1 Å². The molecule has 5 aliphatic rings. The lowest BCUT2D eigenvalue weighted by molar-refractivity contribution is -0.139. The van der Waals surface area contributed by atoms with Crippen LogP contribution in [0.15, 0.2) is 95.2 Å². The highest BCUT2D eigenvalue weighted by atomic mass is 16.5. The Kier molecular flexibility index (Phi) is 17.6. The summed E-state index contributed by atoms with van der Waals surface area (Å²) < 4.78 is 29.0. The highest BCUT2D eigenvalue weighted by Crippen LogP contribution is 2.42. The number of rotatable bonds is 23. The summed E-state index contributed by atoms with van der Waals surface area (Å²) in [6, 6.07) is 19.3. The zero-order chi connectivity index (χ0) is 57.5. The van der Waals surface area contributed by atoms with E-state index in [-0.39, 0.29) is 79.5 Å². The van der Waals surface area contributed by atoms with E-state index in [2.05, 4.69) is 16.0 Å². The number of likely N-dealkylation sites (tertiary alicyclic amines) is 1. The molecular weight excluding hydrogens is 1040 g/mol. The van der Waals surface area contributed by atoms with Crippen LogP contribution >= 0.6 is 0 Å². The molecule has 5 aliphatic heterocycles. The molecule has 7 amide bonds. The van der Waals surface area contributed by atoms with Crippen molar-refractivity contribution in [3.63, 3.8) is 0 Å². The summed E-state index contributed by atoms with van der Waals surface area (Å²) in [4.78, 5) is 106. The molecule has 20 nitrogen and oxygen atoms in total. The van der Waals surface area contributed by atoms with Crippen LogP contribution in [0.25, 0.3) is 11.1 Å². The summed E-state index contributed by atoms with van der Waals surface area (Å²) >= 11 is 0. The van der Waals surface area contributed by atoms with Crippen molar-refractivity contribution in [3.8, 4) is 28.7 Å². The minimum absolute atomic E-state index is 0.153. The first-order valence-electron chi connectivity index (χ1n) is 27.4. The van der Waals surface area contributed by atoms with E-state index in [1.54, 1.807) is 93.4 Å². The highest BCUT2D eigenvalue weighted by molar-refractivity contribution is 6.07. The third kappa shape index (κ3) is 12.8. The lowest BCUT2D eigenvalue weighted by atomic mass is 10.0. The van der Waals surface area contributed by atoms with E-state index in [1.807, 2.05) is 48.8 Å². The number of unbranched alkanes of at least 4 members (excludes halogenated alkanes) is 2. The predicted molar refractivity (Wildman–Crippen MR) is 304 cm³/mol. The van der Waals surface area contributed by atoms with E-state index in [9.17, 15) is 33.6 Å². The molecule has 0 bridgehead atoms. The SMILES string of the molecule is COc1ccc(C2=CN3C(=O)c4cc(OC)c(OCCCOc5cc6c(cc5OC)C(=O)N5C=C(c7ccc(NC(=O)[C@H](C)NC(=O)[C@@H](NC(=O)CCCCCN8C(=O)CC(C)C8=O)C(C)C)cc7)C[C@H]5C=N6)cc4N=C[C@@H]3C2)cc1. The Morgan fingerprint density at radius 2 is 1.17 bits per heavy atom. The number of hydrogen-bond acceptors (Lipinski definition) is 14. The van der Waals surface area contributed by atoms with Gasteiger partial charge in [-0.2, -0.15) is 0 Å². The number of methoxy groups -OCH3 is 3. The van der Waals surface area contributed by atoms with Crippen molar-refractivity contribution >= 4 is 82.0 Å². The van der Waals surface area contributed by atoms with Gasteiger partial charge in [-0.25, -0.2) is 0 Å². The second-order valence-electron chi connectivity index (χ2n) is 21.0. The molecule has 0 aromatic heterocycles. The number of fused-ring (bicyclic) bond motifs is 4. The Hall–Kier alpha value is -8.81. The van der Waals surface area contributed by atoms with Gasteiger partial charge in [-0.1, -0.05) is 51.5 Å². The number of carbonyl (C=O) groups excluding carboxylic acids is 7. The van der Waals surface area contributed by atoms with Gasteiger partial charge in [0.05, 0.1) is 69.1 Å². The molecule has 0 saturated carbocycles. The van der Waals surface area contributed by atoms with Crippen LogP contribution in [-0.4, -0.2) is 134 Å². The number of amides is 7. The molecule has 1 unspecified atom stereocenters. The molecule has 0 spiro atoms. The lowest BCUT2D eigenvalue weighted by Gasteiger charge is -2.24. The van der Waals surface area contributed by atoms with Crippen molar-refractivity contribution in [1.82, 2.24) is 25.3 Å². The number of carbonyl (C=O) groups is 7. The maximum atomic E-state index is 14.1. The Morgan fingerprint density at radius 3 is 1.67 bits per heavy atom. The molecule has 0 aliphatic carbocycles. The summed E-state index contributed by atoms with van der Waals surface area (Å²) in [5.41, 5.74) is 5.95. The molecule has 1 saturated heterocycles. The fraction of sp³-hybridized carbons (Fsp3) is 0.393. The minimum Gasteiger partial charge on any atom is -0.497 e. The number of imide groups is 1. The first-order chi connectivity index (χ1) is 39.0. The number of hydrogen-bond donors (Lipinski definition) is 3. The van der Waals surface area contributed by atoms with Gasteiger partial charge >= 0.3 is 0 Å². The first-order valence-corrected chi connectivity index (χ1v) is 27.4. The van der Waals surface area contributed by atoms with Gasteiger partial charge in [-0.05, 0) is 84.4 Å². The molecule has 424 valence electrons. The number of benzene rings is 4. The summed E-state index contributed by atoms with van der Waals surface area (Å²) in [5, 5.41) is 8.37. The predicted octanol–water partition coefficient (Wildman–Crippen LogP) is 8.04. The number of nitrogens with zero attached hydrogens (tertiary/aromatic N) is 5. The summed E-state index contributed by atoms with van der Waals surface area (Å²) in [6.07, 6.45) is 11.0. The molecular formula is C61H68N8O12. The molecule has 5 atom stereocenters. The Balaban J connectivity index is 0.736. The molecule has 4 aromatic rings. The van der Waals surface area contributed by atoms with Gasteiger partial charge in [-0.3, -0.25) is 48.4 Å². The van der Waals surface area contributed by atoms with Crippen LogP contribution in [0.5, 0.6) is 28.7 Å². The molecule has 3 N–H and O–H groups in total. The largest absolute Gasteiger partial charge is 0.497 e. The van der Waals surface area contributed by atoms with E-state index in [0.29, 0.717) is 96.3 Å². The standard InChI is InChI=1S/C61H68N8O12/c1-35(2)56(66-54(70)12-9-8-10-21-67-55(71)24-36(3)59(67)74)58(73)64-37(4)57(72)65-42-17-13-38(14-18-42)40-25-43-31-62-48-29-52(50(78-6)27-46(48)60(75)68(43)33-40)80-22-11-23-81-53-30-49-47(28-51(53)79-7)61(76)69-34-41(26-44(69)32-63-49)39-15-19-45(77-5)20-16-39/h13-20,27-37,43-44,56H,8-12,21-26H2,1-7H3,(H,64,73)(H,65,72)(H,66,70)/t36?,37-,43-,44-,56-/m0/s1. The maximum absolute atomic E-state index is 14.1. The van der Waals surface area contributed by atoms with E-state index < -0.39 is 23.9 Å². The molecule has 81 heavy (non-hydrogen) atoms. The fourth-order valence-electron chi connectivity index (χ4n) is 10.4. The minimum atomic E-state index is -0.923. The second kappa shape index (κ2) is 25.1. The Morgan fingerprint density at radius 1 is 0.630 bits per heavy atom. The van der Waals surface area contributed by atoms with Gasteiger partial charge < -0.3 is 49.4 Å². The monoisotopic (exact) mass is 1100 g/mol. The summed E-state index contributed by atoms with van der Waals surface area (Å²) in [7, 11) is 4.65. The third-order valence-electron chi connectivity index (χ3n) is 15.0. The normalized spacial score (nSPS) is 18.7. The van der Waals surface area contributed by atoms with E-state index in [0.717, 1.165) is 28.0 Å². The summed E-state index contributed by atoms with van der Waals surface area (Å²) in [5.74, 6) is -0.164. The highest BCUT2D eigenvalue weighted by Gasteiger charge is 2.37. The molecule has 4 aromatic carbocycles. The average Bonchev–Trinajstić information content (AvgIpc) is 4.23. The first kappa shape index (κ1) is 56.9. The maximum Gasteiger partial charge on any atom is 0.260 e. The van der Waals surface area contributed by atoms with Crippen molar-refractivity contribution in [2.24, 2.45) is 21.8 Å². The number of nitrogens with one attached hydrogen (secondary N) is 3. The number of anilines is 1. The quantitative estimate of drug-likeness (QED) is 0.0473. The molecule has 9 rings (SSSR count). The van der Waals surface area contributed by atoms with Gasteiger partial charge in [0, 0.05) is 87.2 Å². The summed E-state index contributed by atoms with van der Waals surface area (Å²) in [6.45, 7) is 7.76. The van der Waals surface area contributed by atoms with Gasteiger partial charge in [0.2, 0.25) is 29.5 Å². The van der Waals surface area contributed by atoms with Crippen LogP contribution < -0.4 is 39.6 Å². The van der Waals surface area contributed by atoms with Crippen molar-refractivity contribution in [1.29, 1.82) is 0 Å². The van der Waals surface area contributed by atoms with Gasteiger partial charge in [0.1, 0.15) is 17.8 Å². The number of ether oxygens (including phenoxy) is 5. The van der Waals surface area contributed by atoms with Crippen LogP contribution in [-0.2, 0) is 24.0 Å². The fourth-order valence-corrected chi connectivity index (χ4v) is 10.4. The third-order valence-corrected chi connectivity index (χ3v) is 15.0. The molecule has 1 fully saturated rings. The zero-order valence-electron chi connectivity index (χ0n) is 46.6. The van der Waals surface area contributed by atoms with Crippen LogP contribution in [0.2, 0.25) is 0 Å². The van der Waals surface area contributed by atoms with Crippen LogP contribution in [0.3, 0.4) is 0 Å². The van der Waals surface area contributed by atoms with E-state index in [4.69, 9.17) is 33.7 Å². The van der Waals surface area contributed by atoms with Crippen molar-refractivity contribution in [2.75, 3.05) is 46.4 Å². The van der Waals surface area contributed by atoms with Crippen LogP contribution in [0, 0.1) is 11.8 Å². The van der Waals surface area contributed by atoms with Crippen molar-refractivity contribution < 1.29 is 57.2 Å². The zero-order valence-corrected chi connectivity index (χ0v) is 46.6. The van der Waals surface area contributed by atoms with Crippen molar-refractivity contribution in [2.45, 2.75) is 103 Å². The lowest BCUT2D eigenvalue weighted by Crippen LogP contribution is -2.53. The van der Waals surface area contributed by atoms with Gasteiger partial charge in [-0.15, -0.1) is 0 Å². The Labute approximate surface area is 470 Å². The second-order valence-corrected chi connectivity index (χ2v) is 21.0. The molecule has 0 radical (unpaired) electrons. The number of aliphatic imine (C=N–C) groups is 2. The molecule has 5 heterocycles.